The van der Waals surface area contributed by atoms with E-state index in [1.54, 1.807) is 0 Å². The predicted octanol–water partition coefficient (Wildman–Crippen LogP) is 4.02. The fourth-order valence-corrected chi connectivity index (χ4v) is 3.38. The van der Waals surface area contributed by atoms with Gasteiger partial charge in [-0.15, -0.1) is 0 Å². The first-order chi connectivity index (χ1) is 12.5. The lowest BCUT2D eigenvalue weighted by Crippen LogP contribution is -2.50. The normalized spacial score (nSPS) is 14.4. The quantitative estimate of drug-likeness (QED) is 0.728. The number of hydrogen-bond donors (Lipinski definition) is 0. The molecule has 0 radical (unpaired) electrons. The molecule has 136 valence electrons. The molecule has 1 saturated heterocycles. The molecule has 0 spiro atoms. The van der Waals surface area contributed by atoms with Crippen LogP contribution in [0.25, 0.3) is 0 Å². The molecule has 1 fully saturated rings. The standard InChI is InChI=1S/C20H20BrClN2O2/c21-17-6-4-16(5-7-17)20(26)24-13-11-23(12-14-24)19(25)10-3-15-1-8-18(22)9-2-15/h1-2,4-9H,3,10-14H2. The number of rotatable bonds is 4. The monoisotopic (exact) mass is 434 g/mol. The molecule has 0 aromatic heterocycles. The van der Waals surface area contributed by atoms with Crippen LogP contribution in [0.15, 0.2) is 53.0 Å². The maximum absolute atomic E-state index is 12.5. The van der Waals surface area contributed by atoms with Gasteiger partial charge in [0.1, 0.15) is 0 Å². The van der Waals surface area contributed by atoms with E-state index in [-0.39, 0.29) is 11.8 Å². The maximum Gasteiger partial charge on any atom is 0.253 e. The first kappa shape index (κ1) is 18.9. The van der Waals surface area contributed by atoms with E-state index in [9.17, 15) is 9.59 Å². The second kappa shape index (κ2) is 8.69. The van der Waals surface area contributed by atoms with Gasteiger partial charge in [0.25, 0.3) is 5.91 Å². The lowest BCUT2D eigenvalue weighted by molar-refractivity contribution is -0.132. The summed E-state index contributed by atoms with van der Waals surface area (Å²) < 4.78 is 0.949. The molecule has 0 unspecified atom stereocenters. The van der Waals surface area contributed by atoms with Crippen LogP contribution in [-0.2, 0) is 11.2 Å². The van der Waals surface area contributed by atoms with E-state index in [1.165, 1.54) is 0 Å². The zero-order valence-electron chi connectivity index (χ0n) is 14.3. The van der Waals surface area contributed by atoms with E-state index in [0.717, 1.165) is 10.0 Å². The van der Waals surface area contributed by atoms with Gasteiger partial charge in [0, 0.05) is 47.7 Å². The Labute approximate surface area is 166 Å². The lowest BCUT2D eigenvalue weighted by Gasteiger charge is -2.35. The highest BCUT2D eigenvalue weighted by atomic mass is 79.9. The first-order valence-electron chi connectivity index (χ1n) is 8.60. The van der Waals surface area contributed by atoms with Gasteiger partial charge in [-0.2, -0.15) is 0 Å². The van der Waals surface area contributed by atoms with E-state index in [4.69, 9.17) is 11.6 Å². The van der Waals surface area contributed by atoms with Gasteiger partial charge in [-0.05, 0) is 48.4 Å². The minimum atomic E-state index is 0.0192. The molecule has 0 atom stereocenters. The molecule has 0 N–H and O–H groups in total. The Balaban J connectivity index is 1.48. The second-order valence-electron chi connectivity index (χ2n) is 6.31. The van der Waals surface area contributed by atoms with E-state index in [2.05, 4.69) is 15.9 Å². The summed E-state index contributed by atoms with van der Waals surface area (Å²) in [5.41, 5.74) is 1.78. The fraction of sp³-hybridized carbons (Fsp3) is 0.300. The van der Waals surface area contributed by atoms with Crippen LogP contribution in [0.1, 0.15) is 22.3 Å². The number of aryl methyl sites for hydroxylation is 1. The highest BCUT2D eigenvalue weighted by Gasteiger charge is 2.24. The van der Waals surface area contributed by atoms with Gasteiger partial charge in [-0.1, -0.05) is 39.7 Å². The third kappa shape index (κ3) is 4.86. The molecule has 2 amide bonds. The van der Waals surface area contributed by atoms with Gasteiger partial charge in [0.05, 0.1) is 0 Å². The molecule has 1 aliphatic rings. The molecule has 1 heterocycles. The Morgan fingerprint density at radius 3 is 2.08 bits per heavy atom. The van der Waals surface area contributed by atoms with E-state index >= 15 is 0 Å². The SMILES string of the molecule is O=C(CCc1ccc(Cl)cc1)N1CCN(C(=O)c2ccc(Br)cc2)CC1. The molecule has 0 saturated carbocycles. The van der Waals surface area contributed by atoms with Crippen molar-refractivity contribution in [2.75, 3.05) is 26.2 Å². The summed E-state index contributed by atoms with van der Waals surface area (Å²) in [7, 11) is 0. The number of benzene rings is 2. The highest BCUT2D eigenvalue weighted by Crippen LogP contribution is 2.15. The third-order valence-corrected chi connectivity index (χ3v) is 5.33. The molecule has 0 aliphatic carbocycles. The molecule has 6 heteroatoms. The van der Waals surface area contributed by atoms with Crippen LogP contribution in [0, 0.1) is 0 Å². The van der Waals surface area contributed by atoms with Crippen molar-refractivity contribution < 1.29 is 9.59 Å². The number of halogens is 2. The molecule has 2 aromatic rings. The summed E-state index contributed by atoms with van der Waals surface area (Å²) in [5.74, 6) is 0.154. The molecule has 3 rings (SSSR count). The largest absolute Gasteiger partial charge is 0.339 e. The van der Waals surface area contributed by atoms with Crippen LogP contribution in [-0.4, -0.2) is 47.8 Å². The smallest absolute Gasteiger partial charge is 0.253 e. The number of carbonyl (C=O) groups is 2. The third-order valence-electron chi connectivity index (χ3n) is 4.55. The van der Waals surface area contributed by atoms with Gasteiger partial charge < -0.3 is 9.80 Å². The maximum atomic E-state index is 12.5. The predicted molar refractivity (Wildman–Crippen MR) is 106 cm³/mol. The average molecular weight is 436 g/mol. The molecule has 1 aliphatic heterocycles. The van der Waals surface area contributed by atoms with Crippen LogP contribution < -0.4 is 0 Å². The minimum absolute atomic E-state index is 0.0192. The van der Waals surface area contributed by atoms with Gasteiger partial charge in [-0.25, -0.2) is 0 Å². The van der Waals surface area contributed by atoms with Crippen molar-refractivity contribution in [2.45, 2.75) is 12.8 Å². The number of hydrogen-bond acceptors (Lipinski definition) is 2. The van der Waals surface area contributed by atoms with Crippen molar-refractivity contribution in [1.82, 2.24) is 9.80 Å². The van der Waals surface area contributed by atoms with Crippen molar-refractivity contribution >= 4 is 39.3 Å². The second-order valence-corrected chi connectivity index (χ2v) is 7.66. The van der Waals surface area contributed by atoms with E-state index < -0.39 is 0 Å². The molecular formula is C20H20BrClN2O2. The summed E-state index contributed by atoms with van der Waals surface area (Å²) in [6.07, 6.45) is 1.18. The van der Waals surface area contributed by atoms with E-state index in [1.807, 2.05) is 58.3 Å². The van der Waals surface area contributed by atoms with Crippen LogP contribution in [0.5, 0.6) is 0 Å². The Bertz CT molecular complexity index is 769. The molecule has 26 heavy (non-hydrogen) atoms. The van der Waals surface area contributed by atoms with E-state index in [0.29, 0.717) is 49.6 Å². The summed E-state index contributed by atoms with van der Waals surface area (Å²) in [5, 5.41) is 0.701. The van der Waals surface area contributed by atoms with Crippen molar-refractivity contribution in [3.8, 4) is 0 Å². The van der Waals surface area contributed by atoms with Crippen LogP contribution >= 0.6 is 27.5 Å². The summed E-state index contributed by atoms with van der Waals surface area (Å²) in [6, 6.07) is 14.9. The molecule has 4 nitrogen and oxygen atoms in total. The highest BCUT2D eigenvalue weighted by molar-refractivity contribution is 9.10. The zero-order valence-corrected chi connectivity index (χ0v) is 16.7. The average Bonchev–Trinajstić information content (AvgIpc) is 2.67. The van der Waals surface area contributed by atoms with Gasteiger partial charge in [0.2, 0.25) is 5.91 Å². The minimum Gasteiger partial charge on any atom is -0.339 e. The summed E-state index contributed by atoms with van der Waals surface area (Å²) in [4.78, 5) is 28.6. The molecule has 0 bridgehead atoms. The Morgan fingerprint density at radius 2 is 1.46 bits per heavy atom. The van der Waals surface area contributed by atoms with Crippen LogP contribution in [0.2, 0.25) is 5.02 Å². The molecular weight excluding hydrogens is 416 g/mol. The first-order valence-corrected chi connectivity index (χ1v) is 9.77. The lowest BCUT2D eigenvalue weighted by atomic mass is 10.1. The Hall–Kier alpha value is -1.85. The topological polar surface area (TPSA) is 40.6 Å². The zero-order chi connectivity index (χ0) is 18.5. The number of piperazine rings is 1. The van der Waals surface area contributed by atoms with Crippen molar-refractivity contribution in [1.29, 1.82) is 0 Å². The number of amides is 2. The van der Waals surface area contributed by atoms with Crippen LogP contribution in [0.3, 0.4) is 0 Å². The van der Waals surface area contributed by atoms with Crippen molar-refractivity contribution in [3.05, 3.63) is 69.2 Å². The van der Waals surface area contributed by atoms with Crippen molar-refractivity contribution in [3.63, 3.8) is 0 Å². The van der Waals surface area contributed by atoms with Gasteiger partial charge in [0.15, 0.2) is 0 Å². The number of nitrogens with zero attached hydrogens (tertiary/aromatic N) is 2. The van der Waals surface area contributed by atoms with Gasteiger partial charge >= 0.3 is 0 Å². The Kier molecular flexibility index (Phi) is 6.33. The van der Waals surface area contributed by atoms with Crippen molar-refractivity contribution in [2.24, 2.45) is 0 Å². The van der Waals surface area contributed by atoms with Gasteiger partial charge in [-0.3, -0.25) is 9.59 Å². The van der Waals surface area contributed by atoms with Crippen LogP contribution in [0.4, 0.5) is 0 Å². The summed E-state index contributed by atoms with van der Waals surface area (Å²) >= 11 is 9.25. The molecule has 2 aromatic carbocycles. The fourth-order valence-electron chi connectivity index (χ4n) is 2.99. The summed E-state index contributed by atoms with van der Waals surface area (Å²) in [6.45, 7) is 2.31. The number of carbonyl (C=O) groups excluding carboxylic acids is 2. The Morgan fingerprint density at radius 1 is 0.885 bits per heavy atom.